The first-order valence-electron chi connectivity index (χ1n) is 8.93. The summed E-state index contributed by atoms with van der Waals surface area (Å²) in [6.07, 6.45) is 1.52. The zero-order chi connectivity index (χ0) is 19.2. The molecule has 1 atom stereocenters. The minimum Gasteiger partial charge on any atom is -0.463 e. The van der Waals surface area contributed by atoms with Gasteiger partial charge in [-0.3, -0.25) is 14.6 Å². The monoisotopic (exact) mass is 362 g/mol. The molecule has 0 aliphatic heterocycles. The number of aromatic nitrogens is 1. The first-order chi connectivity index (χ1) is 13.0. The molecule has 0 fully saturated rings. The van der Waals surface area contributed by atoms with E-state index in [1.165, 1.54) is 0 Å². The zero-order valence-corrected chi connectivity index (χ0v) is 15.4. The highest BCUT2D eigenvalue weighted by Crippen LogP contribution is 2.21. The molecule has 3 aromatic rings. The summed E-state index contributed by atoms with van der Waals surface area (Å²) >= 11 is 0. The van der Waals surface area contributed by atoms with Crippen LogP contribution in [0.25, 0.3) is 10.9 Å². The van der Waals surface area contributed by atoms with Crippen LogP contribution in [0.4, 0.5) is 0 Å². The number of nitrogens with zero attached hydrogens (tertiary/aromatic N) is 1. The Morgan fingerprint density at radius 3 is 2.48 bits per heavy atom. The van der Waals surface area contributed by atoms with Crippen LogP contribution in [0.3, 0.4) is 0 Å². The molecule has 0 aliphatic carbocycles. The predicted molar refractivity (Wildman–Crippen MR) is 104 cm³/mol. The number of para-hydroxylation sites is 1. The van der Waals surface area contributed by atoms with Crippen LogP contribution in [0.2, 0.25) is 0 Å². The molecule has 1 aromatic heterocycles. The zero-order valence-electron chi connectivity index (χ0n) is 15.4. The number of nitrogens with one attached hydrogen (secondary N) is 1. The highest BCUT2D eigenvalue weighted by Gasteiger charge is 2.21. The second kappa shape index (κ2) is 8.45. The van der Waals surface area contributed by atoms with Gasteiger partial charge in [-0.15, -0.1) is 0 Å². The fourth-order valence-corrected chi connectivity index (χ4v) is 2.94. The lowest BCUT2D eigenvalue weighted by molar-refractivity contribution is -0.147. The van der Waals surface area contributed by atoms with Gasteiger partial charge < -0.3 is 10.1 Å². The number of pyridine rings is 1. The van der Waals surface area contributed by atoms with Crippen molar-refractivity contribution in [2.45, 2.75) is 32.4 Å². The Balaban J connectivity index is 1.86. The molecule has 3 rings (SSSR count). The van der Waals surface area contributed by atoms with E-state index in [4.69, 9.17) is 4.74 Å². The van der Waals surface area contributed by atoms with Crippen molar-refractivity contribution in [1.29, 1.82) is 0 Å². The van der Waals surface area contributed by atoms with E-state index < -0.39 is 6.04 Å². The van der Waals surface area contributed by atoms with Gasteiger partial charge in [0.05, 0.1) is 29.6 Å². The topological polar surface area (TPSA) is 68.3 Å². The number of carbonyl (C=O) groups is 2. The second-order valence-corrected chi connectivity index (χ2v) is 6.56. The number of esters is 1. The van der Waals surface area contributed by atoms with Crippen molar-refractivity contribution < 1.29 is 14.3 Å². The molecule has 5 heteroatoms. The van der Waals surface area contributed by atoms with Gasteiger partial charge in [0.2, 0.25) is 0 Å². The van der Waals surface area contributed by atoms with Gasteiger partial charge in [-0.25, -0.2) is 0 Å². The lowest BCUT2D eigenvalue weighted by Gasteiger charge is -2.20. The number of carbonyl (C=O) groups excluding carboxylic acids is 2. The molecule has 0 bridgehead atoms. The number of benzene rings is 2. The Bertz CT molecular complexity index is 933. The first kappa shape index (κ1) is 18.6. The van der Waals surface area contributed by atoms with Crippen molar-refractivity contribution in [3.8, 4) is 0 Å². The summed E-state index contributed by atoms with van der Waals surface area (Å²) < 4.78 is 5.26. The molecule has 2 aromatic carbocycles. The van der Waals surface area contributed by atoms with Gasteiger partial charge in [0.15, 0.2) is 0 Å². The van der Waals surface area contributed by atoms with Crippen molar-refractivity contribution in [3.05, 3.63) is 78.0 Å². The van der Waals surface area contributed by atoms with E-state index in [1.807, 2.05) is 54.6 Å². The summed E-state index contributed by atoms with van der Waals surface area (Å²) in [6, 6.07) is 18.1. The SMILES string of the molecule is CC(C)OC(=O)CC(NC(=O)c1cccc2cccnc12)c1ccccc1. The summed E-state index contributed by atoms with van der Waals surface area (Å²) in [5.74, 6) is -0.624. The van der Waals surface area contributed by atoms with Gasteiger partial charge in [-0.1, -0.05) is 48.5 Å². The normalized spacial score (nSPS) is 12.0. The lowest BCUT2D eigenvalue weighted by atomic mass is 10.0. The maximum absolute atomic E-state index is 12.9. The van der Waals surface area contributed by atoms with Crippen LogP contribution in [0.15, 0.2) is 66.9 Å². The fraction of sp³-hybridized carbons (Fsp3) is 0.227. The van der Waals surface area contributed by atoms with Gasteiger partial charge in [0, 0.05) is 11.6 Å². The molecule has 1 heterocycles. The van der Waals surface area contributed by atoms with Gasteiger partial charge in [-0.05, 0) is 31.5 Å². The van der Waals surface area contributed by atoms with Gasteiger partial charge in [-0.2, -0.15) is 0 Å². The van der Waals surface area contributed by atoms with E-state index in [-0.39, 0.29) is 24.4 Å². The van der Waals surface area contributed by atoms with Crippen LogP contribution in [0.1, 0.15) is 42.2 Å². The molecule has 27 heavy (non-hydrogen) atoms. The van der Waals surface area contributed by atoms with Crippen LogP contribution >= 0.6 is 0 Å². The van der Waals surface area contributed by atoms with E-state index in [1.54, 1.807) is 26.1 Å². The van der Waals surface area contributed by atoms with E-state index in [0.717, 1.165) is 10.9 Å². The molecule has 138 valence electrons. The van der Waals surface area contributed by atoms with Gasteiger partial charge in [0.25, 0.3) is 5.91 Å². The Morgan fingerprint density at radius 2 is 1.74 bits per heavy atom. The summed E-state index contributed by atoms with van der Waals surface area (Å²) in [7, 11) is 0. The molecular formula is C22H22N2O3. The minimum absolute atomic E-state index is 0.0616. The minimum atomic E-state index is -0.482. The third-order valence-electron chi connectivity index (χ3n) is 4.12. The summed E-state index contributed by atoms with van der Waals surface area (Å²) in [5.41, 5.74) is 1.96. The lowest BCUT2D eigenvalue weighted by Crippen LogP contribution is -2.31. The predicted octanol–water partition coefficient (Wildman–Crippen LogP) is 4.05. The third kappa shape index (κ3) is 4.70. The maximum atomic E-state index is 12.9. The molecule has 1 amide bonds. The molecule has 0 aliphatic rings. The van der Waals surface area contributed by atoms with Crippen molar-refractivity contribution in [1.82, 2.24) is 10.3 Å². The van der Waals surface area contributed by atoms with Crippen LogP contribution < -0.4 is 5.32 Å². The number of rotatable bonds is 6. The summed E-state index contributed by atoms with van der Waals surface area (Å²) in [6.45, 7) is 3.60. The Labute approximate surface area is 158 Å². The molecule has 1 unspecified atom stereocenters. The van der Waals surface area contributed by atoms with Crippen molar-refractivity contribution >= 4 is 22.8 Å². The molecule has 0 saturated carbocycles. The van der Waals surface area contributed by atoms with Crippen LogP contribution in [0, 0.1) is 0 Å². The second-order valence-electron chi connectivity index (χ2n) is 6.56. The van der Waals surface area contributed by atoms with Crippen molar-refractivity contribution in [2.24, 2.45) is 0 Å². The summed E-state index contributed by atoms with van der Waals surface area (Å²) in [4.78, 5) is 29.5. The number of hydrogen-bond donors (Lipinski definition) is 1. The molecule has 0 spiro atoms. The third-order valence-corrected chi connectivity index (χ3v) is 4.12. The van der Waals surface area contributed by atoms with Gasteiger partial charge in [0.1, 0.15) is 0 Å². The van der Waals surface area contributed by atoms with Crippen LogP contribution in [-0.2, 0) is 9.53 Å². The quantitative estimate of drug-likeness (QED) is 0.672. The highest BCUT2D eigenvalue weighted by atomic mass is 16.5. The Hall–Kier alpha value is -3.21. The van der Waals surface area contributed by atoms with Crippen molar-refractivity contribution in [2.75, 3.05) is 0 Å². The van der Waals surface area contributed by atoms with E-state index in [0.29, 0.717) is 11.1 Å². The standard InChI is InChI=1S/C22H22N2O3/c1-15(2)27-20(25)14-19(16-8-4-3-5-9-16)24-22(26)18-12-6-10-17-11-7-13-23-21(17)18/h3-13,15,19H,14H2,1-2H3,(H,24,26). The number of ether oxygens (including phenoxy) is 1. The average molecular weight is 362 g/mol. The summed E-state index contributed by atoms with van der Waals surface area (Å²) in [5, 5.41) is 3.86. The smallest absolute Gasteiger partial charge is 0.308 e. The molecule has 5 nitrogen and oxygen atoms in total. The molecule has 0 radical (unpaired) electrons. The molecule has 0 saturated heterocycles. The average Bonchev–Trinajstić information content (AvgIpc) is 2.67. The first-order valence-corrected chi connectivity index (χ1v) is 8.93. The molecule has 1 N–H and O–H groups in total. The number of amides is 1. The van der Waals surface area contributed by atoms with E-state index >= 15 is 0 Å². The number of fused-ring (bicyclic) bond motifs is 1. The highest BCUT2D eigenvalue weighted by molar-refractivity contribution is 6.05. The van der Waals surface area contributed by atoms with E-state index in [2.05, 4.69) is 10.3 Å². The maximum Gasteiger partial charge on any atom is 0.308 e. The van der Waals surface area contributed by atoms with Gasteiger partial charge >= 0.3 is 5.97 Å². The van der Waals surface area contributed by atoms with Crippen molar-refractivity contribution in [3.63, 3.8) is 0 Å². The van der Waals surface area contributed by atoms with Crippen LogP contribution in [-0.4, -0.2) is 23.0 Å². The Morgan fingerprint density at radius 1 is 1.00 bits per heavy atom. The van der Waals surface area contributed by atoms with E-state index in [9.17, 15) is 9.59 Å². The number of hydrogen-bond acceptors (Lipinski definition) is 4. The fourth-order valence-electron chi connectivity index (χ4n) is 2.94. The van der Waals surface area contributed by atoms with Crippen LogP contribution in [0.5, 0.6) is 0 Å². The Kier molecular flexibility index (Phi) is 5.81. The largest absolute Gasteiger partial charge is 0.463 e. The molecular weight excluding hydrogens is 340 g/mol.